The molecule has 0 amide bonds. The monoisotopic (exact) mass is 194 g/mol. The van der Waals surface area contributed by atoms with Gasteiger partial charge in [0.15, 0.2) is 0 Å². The number of anilines is 1. The van der Waals surface area contributed by atoms with E-state index in [1.807, 2.05) is 0 Å². The second-order valence-corrected chi connectivity index (χ2v) is 2.91. The third-order valence-electron chi connectivity index (χ3n) is 1.87. The van der Waals surface area contributed by atoms with Crippen LogP contribution in [0.5, 0.6) is 0 Å². The number of allylic oxidation sites excluding steroid dienone is 1. The second-order valence-electron chi connectivity index (χ2n) is 2.91. The van der Waals surface area contributed by atoms with Gasteiger partial charge in [-0.15, -0.1) is 0 Å². The largest absolute Gasteiger partial charge is 0.328 e. The number of hydrogen-bond acceptors (Lipinski definition) is 2. The predicted molar refractivity (Wildman–Crippen MR) is 51.3 cm³/mol. The SMILES string of the molecule is Fc1cc(F)cc(N2C=CC=NC2)c1. The van der Waals surface area contributed by atoms with Crippen LogP contribution in [0.2, 0.25) is 0 Å². The highest BCUT2D eigenvalue weighted by molar-refractivity contribution is 5.74. The van der Waals surface area contributed by atoms with Crippen molar-refractivity contribution in [2.45, 2.75) is 0 Å². The van der Waals surface area contributed by atoms with E-state index in [4.69, 9.17) is 0 Å². The first-order valence-electron chi connectivity index (χ1n) is 4.15. The maximum atomic E-state index is 12.9. The van der Waals surface area contributed by atoms with Gasteiger partial charge in [-0.05, 0) is 18.2 Å². The normalized spacial score (nSPS) is 14.9. The lowest BCUT2D eigenvalue weighted by Gasteiger charge is -2.19. The standard InChI is InChI=1S/C10H8F2N2/c11-8-4-9(12)6-10(5-8)14-3-1-2-13-7-14/h1-6H,7H2. The highest BCUT2D eigenvalue weighted by atomic mass is 19.1. The lowest BCUT2D eigenvalue weighted by Crippen LogP contribution is -2.18. The van der Waals surface area contributed by atoms with Crippen LogP contribution in [0.4, 0.5) is 14.5 Å². The molecule has 1 aromatic rings. The van der Waals surface area contributed by atoms with Gasteiger partial charge in [-0.2, -0.15) is 0 Å². The second kappa shape index (κ2) is 3.57. The van der Waals surface area contributed by atoms with Gasteiger partial charge >= 0.3 is 0 Å². The summed E-state index contributed by atoms with van der Waals surface area (Å²) in [5.41, 5.74) is 0.468. The smallest absolute Gasteiger partial charge is 0.128 e. The van der Waals surface area contributed by atoms with Gasteiger partial charge in [-0.1, -0.05) is 0 Å². The Kier molecular flexibility index (Phi) is 2.26. The molecule has 1 heterocycles. The van der Waals surface area contributed by atoms with E-state index in [9.17, 15) is 8.78 Å². The number of nitrogens with zero attached hydrogens (tertiary/aromatic N) is 2. The third kappa shape index (κ3) is 1.79. The summed E-state index contributed by atoms with van der Waals surface area (Å²) in [4.78, 5) is 5.62. The van der Waals surface area contributed by atoms with E-state index in [-0.39, 0.29) is 0 Å². The van der Waals surface area contributed by atoms with Crippen LogP contribution in [0.3, 0.4) is 0 Å². The number of halogens is 2. The number of hydrogen-bond donors (Lipinski definition) is 0. The van der Waals surface area contributed by atoms with Gasteiger partial charge in [0, 0.05) is 24.2 Å². The van der Waals surface area contributed by atoms with E-state index in [0.717, 1.165) is 6.07 Å². The average molecular weight is 194 g/mol. The van der Waals surface area contributed by atoms with Crippen LogP contribution in [0.25, 0.3) is 0 Å². The van der Waals surface area contributed by atoms with Gasteiger partial charge in [-0.3, -0.25) is 4.99 Å². The molecule has 0 bridgehead atoms. The molecular formula is C10H8F2N2. The predicted octanol–water partition coefficient (Wildman–Crippen LogP) is 2.33. The molecule has 0 aromatic heterocycles. The molecule has 0 saturated heterocycles. The van der Waals surface area contributed by atoms with Gasteiger partial charge in [0.1, 0.15) is 18.3 Å². The molecule has 2 nitrogen and oxygen atoms in total. The molecule has 0 radical (unpaired) electrons. The van der Waals surface area contributed by atoms with Crippen molar-refractivity contribution in [3.05, 3.63) is 42.1 Å². The van der Waals surface area contributed by atoms with Crippen LogP contribution < -0.4 is 4.90 Å². The summed E-state index contributed by atoms with van der Waals surface area (Å²) < 4.78 is 25.7. The van der Waals surface area contributed by atoms with E-state index in [1.54, 1.807) is 23.4 Å². The molecule has 2 rings (SSSR count). The molecule has 72 valence electrons. The lowest BCUT2D eigenvalue weighted by molar-refractivity contribution is 0.583. The summed E-state index contributed by atoms with van der Waals surface area (Å²) in [5, 5.41) is 0. The van der Waals surface area contributed by atoms with Gasteiger partial charge in [-0.25, -0.2) is 8.78 Å². The van der Waals surface area contributed by atoms with Gasteiger partial charge in [0.25, 0.3) is 0 Å². The number of rotatable bonds is 1. The van der Waals surface area contributed by atoms with Crippen LogP contribution >= 0.6 is 0 Å². The van der Waals surface area contributed by atoms with E-state index in [0.29, 0.717) is 12.4 Å². The van der Waals surface area contributed by atoms with Crippen molar-refractivity contribution in [2.75, 3.05) is 11.6 Å². The topological polar surface area (TPSA) is 15.6 Å². The quantitative estimate of drug-likeness (QED) is 0.669. The molecule has 0 fully saturated rings. The Hall–Kier alpha value is -1.71. The van der Waals surface area contributed by atoms with E-state index in [1.165, 1.54) is 12.1 Å². The Morgan fingerprint density at radius 1 is 1.14 bits per heavy atom. The Labute approximate surface area is 80.2 Å². The van der Waals surface area contributed by atoms with Crippen molar-refractivity contribution in [1.29, 1.82) is 0 Å². The van der Waals surface area contributed by atoms with E-state index >= 15 is 0 Å². The minimum atomic E-state index is -0.581. The molecule has 0 N–H and O–H groups in total. The van der Waals surface area contributed by atoms with Crippen molar-refractivity contribution in [3.8, 4) is 0 Å². The van der Waals surface area contributed by atoms with Crippen molar-refractivity contribution in [1.82, 2.24) is 0 Å². The molecule has 1 aliphatic heterocycles. The zero-order valence-electron chi connectivity index (χ0n) is 7.32. The highest BCUT2D eigenvalue weighted by Crippen LogP contribution is 2.18. The summed E-state index contributed by atoms with van der Waals surface area (Å²) in [7, 11) is 0. The summed E-state index contributed by atoms with van der Waals surface area (Å²) in [6.07, 6.45) is 5.08. The van der Waals surface area contributed by atoms with Gasteiger partial charge < -0.3 is 4.90 Å². The van der Waals surface area contributed by atoms with Crippen LogP contribution in [-0.4, -0.2) is 12.9 Å². The molecule has 0 spiro atoms. The molecule has 0 saturated carbocycles. The molecule has 0 atom stereocenters. The summed E-state index contributed by atoms with van der Waals surface area (Å²) in [6, 6.07) is 3.39. The minimum absolute atomic E-state index is 0.388. The molecule has 1 aromatic carbocycles. The minimum Gasteiger partial charge on any atom is -0.328 e. The van der Waals surface area contributed by atoms with Crippen molar-refractivity contribution in [2.24, 2.45) is 4.99 Å². The highest BCUT2D eigenvalue weighted by Gasteiger charge is 2.07. The van der Waals surface area contributed by atoms with E-state index in [2.05, 4.69) is 4.99 Å². The number of benzene rings is 1. The Morgan fingerprint density at radius 3 is 2.43 bits per heavy atom. The van der Waals surface area contributed by atoms with Crippen LogP contribution in [0.1, 0.15) is 0 Å². The Morgan fingerprint density at radius 2 is 1.86 bits per heavy atom. The fraction of sp³-hybridized carbons (Fsp3) is 0.100. The fourth-order valence-electron chi connectivity index (χ4n) is 1.26. The first kappa shape index (κ1) is 8.87. The van der Waals surface area contributed by atoms with Gasteiger partial charge in [0.2, 0.25) is 0 Å². The molecular weight excluding hydrogens is 186 g/mol. The zero-order chi connectivity index (χ0) is 9.97. The molecule has 0 aliphatic carbocycles. The summed E-state index contributed by atoms with van der Waals surface area (Å²) in [5.74, 6) is -1.16. The van der Waals surface area contributed by atoms with Crippen LogP contribution in [0, 0.1) is 11.6 Å². The van der Waals surface area contributed by atoms with Crippen molar-refractivity contribution < 1.29 is 8.78 Å². The third-order valence-corrected chi connectivity index (χ3v) is 1.87. The van der Waals surface area contributed by atoms with E-state index < -0.39 is 11.6 Å². The maximum absolute atomic E-state index is 12.9. The summed E-state index contributed by atoms with van der Waals surface area (Å²) in [6.45, 7) is 0.388. The Bertz CT molecular complexity index is 379. The van der Waals surface area contributed by atoms with Gasteiger partial charge in [0.05, 0.1) is 0 Å². The molecule has 4 heteroatoms. The first-order chi connectivity index (χ1) is 6.75. The molecule has 14 heavy (non-hydrogen) atoms. The Balaban J connectivity index is 2.32. The first-order valence-corrected chi connectivity index (χ1v) is 4.15. The molecule has 1 aliphatic rings. The number of aliphatic imine (C=N–C) groups is 1. The zero-order valence-corrected chi connectivity index (χ0v) is 7.32. The summed E-state index contributed by atoms with van der Waals surface area (Å²) >= 11 is 0. The molecule has 0 unspecified atom stereocenters. The fourth-order valence-corrected chi connectivity index (χ4v) is 1.26. The maximum Gasteiger partial charge on any atom is 0.128 e. The van der Waals surface area contributed by atoms with Crippen LogP contribution in [0.15, 0.2) is 35.5 Å². The van der Waals surface area contributed by atoms with Crippen LogP contribution in [-0.2, 0) is 0 Å². The lowest BCUT2D eigenvalue weighted by atomic mass is 10.3. The van der Waals surface area contributed by atoms with Crippen molar-refractivity contribution in [3.63, 3.8) is 0 Å². The average Bonchev–Trinajstić information content (AvgIpc) is 2.18. The van der Waals surface area contributed by atoms with Crippen molar-refractivity contribution >= 4 is 11.9 Å².